The lowest BCUT2D eigenvalue weighted by atomic mass is 10.6. The molecule has 0 aromatic heterocycles. The largest absolute Gasteiger partial charge is 0.394 e. The Bertz CT molecular complexity index is 84.9. The Morgan fingerprint density at radius 1 is 1.86 bits per heavy atom. The van der Waals surface area contributed by atoms with Crippen molar-refractivity contribution in [3.8, 4) is 0 Å². The highest BCUT2D eigenvalue weighted by Gasteiger charge is 1.77. The Hall–Kier alpha value is -0.990. The summed E-state index contributed by atoms with van der Waals surface area (Å²) in [4.78, 5) is 0. The van der Waals surface area contributed by atoms with Gasteiger partial charge in [0.1, 0.15) is 0 Å². The van der Waals surface area contributed by atoms with E-state index in [1.807, 2.05) is 0 Å². The van der Waals surface area contributed by atoms with Gasteiger partial charge in [0.15, 0.2) is 0 Å². The Kier molecular flexibility index (Phi) is 2.76. The molecule has 3 heteroatoms. The van der Waals surface area contributed by atoms with E-state index in [4.69, 9.17) is 11.1 Å². The number of amidine groups is 1. The molecule has 0 fully saturated rings. The molecule has 0 aromatic carbocycles. The van der Waals surface area contributed by atoms with Crippen LogP contribution < -0.4 is 16.5 Å². The summed E-state index contributed by atoms with van der Waals surface area (Å²) in [6.45, 7) is 0. The van der Waals surface area contributed by atoms with Gasteiger partial charge in [0.05, 0.1) is 0 Å². The van der Waals surface area contributed by atoms with Crippen LogP contribution in [-0.4, -0.2) is 12.9 Å². The quantitative estimate of drug-likeness (QED) is 0.273. The molecule has 0 rings (SSSR count). The molecule has 0 aromatic rings. The van der Waals surface area contributed by atoms with Crippen molar-refractivity contribution in [1.29, 1.82) is 0 Å². The van der Waals surface area contributed by atoms with Crippen LogP contribution in [0.2, 0.25) is 0 Å². The number of rotatable bonds is 2. The Morgan fingerprint density at radius 3 is 2.57 bits per heavy atom. The molecule has 0 spiro atoms. The monoisotopic (exact) mass is 100 g/mol. The fourth-order valence-electron chi connectivity index (χ4n) is 0.180. The number of nitrogens with two attached hydrogens (primary N) is 2. The van der Waals surface area contributed by atoms with Gasteiger partial charge in [-0.15, -0.1) is 0 Å². The Morgan fingerprint density at radius 2 is 2.43 bits per heavy atom. The first kappa shape index (κ1) is 6.01. The second kappa shape index (κ2) is 3.21. The van der Waals surface area contributed by atoms with E-state index < -0.39 is 0 Å². The van der Waals surface area contributed by atoms with Crippen LogP contribution in [0.25, 0.3) is 0 Å². The van der Waals surface area contributed by atoms with E-state index in [2.05, 4.69) is 5.32 Å². The van der Waals surface area contributed by atoms with Gasteiger partial charge < -0.3 is 5.32 Å². The lowest BCUT2D eigenvalue weighted by Crippen LogP contribution is -2.44. The molecule has 0 saturated heterocycles. The molecular formula is C4H10N3+. The zero-order valence-corrected chi connectivity index (χ0v) is 4.31. The van der Waals surface area contributed by atoms with Gasteiger partial charge in [0.2, 0.25) is 0 Å². The van der Waals surface area contributed by atoms with E-state index in [0.29, 0.717) is 5.84 Å². The van der Waals surface area contributed by atoms with Crippen LogP contribution in [0.4, 0.5) is 0 Å². The summed E-state index contributed by atoms with van der Waals surface area (Å²) in [6, 6.07) is 0. The predicted molar refractivity (Wildman–Crippen MR) is 29.3 cm³/mol. The molecule has 0 bridgehead atoms. The fourth-order valence-corrected chi connectivity index (χ4v) is 0.180. The highest BCUT2D eigenvalue weighted by molar-refractivity contribution is 5.85. The van der Waals surface area contributed by atoms with E-state index in [1.165, 1.54) is 0 Å². The SMILES string of the molecule is CN/C=C\C(N)=[NH2+]. The van der Waals surface area contributed by atoms with Crippen molar-refractivity contribution in [3.63, 3.8) is 0 Å². The highest BCUT2D eigenvalue weighted by atomic mass is 14.8. The van der Waals surface area contributed by atoms with Crippen LogP contribution in [-0.2, 0) is 0 Å². The van der Waals surface area contributed by atoms with Crippen molar-refractivity contribution in [2.24, 2.45) is 5.73 Å². The van der Waals surface area contributed by atoms with Crippen LogP contribution in [0, 0.1) is 0 Å². The molecular weight excluding hydrogens is 90.1 g/mol. The van der Waals surface area contributed by atoms with Gasteiger partial charge in [-0.05, 0) is 0 Å². The number of nitrogens with one attached hydrogen (secondary N) is 1. The van der Waals surface area contributed by atoms with E-state index in [0.717, 1.165) is 0 Å². The van der Waals surface area contributed by atoms with Gasteiger partial charge in [0, 0.05) is 19.3 Å². The third-order valence-corrected chi connectivity index (χ3v) is 0.442. The third-order valence-electron chi connectivity index (χ3n) is 0.442. The van der Waals surface area contributed by atoms with Crippen LogP contribution >= 0.6 is 0 Å². The van der Waals surface area contributed by atoms with Crippen molar-refractivity contribution < 1.29 is 5.41 Å². The first-order valence-corrected chi connectivity index (χ1v) is 1.99. The van der Waals surface area contributed by atoms with Crippen molar-refractivity contribution in [1.82, 2.24) is 5.32 Å². The lowest BCUT2D eigenvalue weighted by molar-refractivity contribution is -0.113. The molecule has 7 heavy (non-hydrogen) atoms. The van der Waals surface area contributed by atoms with Crippen LogP contribution in [0.3, 0.4) is 0 Å². The maximum Gasteiger partial charge on any atom is 0.264 e. The highest BCUT2D eigenvalue weighted by Crippen LogP contribution is 1.55. The molecule has 0 aliphatic heterocycles. The minimum atomic E-state index is 0.314. The molecule has 0 aliphatic rings. The topological polar surface area (TPSA) is 63.6 Å². The minimum Gasteiger partial charge on any atom is -0.394 e. The molecule has 0 amide bonds. The summed E-state index contributed by atoms with van der Waals surface area (Å²) in [6.07, 6.45) is 3.25. The summed E-state index contributed by atoms with van der Waals surface area (Å²) < 4.78 is 0. The molecule has 3 nitrogen and oxygen atoms in total. The third kappa shape index (κ3) is 5.01. The first-order valence-electron chi connectivity index (χ1n) is 1.99. The van der Waals surface area contributed by atoms with Gasteiger partial charge in [-0.2, -0.15) is 0 Å². The van der Waals surface area contributed by atoms with E-state index >= 15 is 0 Å². The van der Waals surface area contributed by atoms with E-state index in [9.17, 15) is 0 Å². The van der Waals surface area contributed by atoms with Gasteiger partial charge in [-0.25, -0.2) is 0 Å². The second-order valence-corrected chi connectivity index (χ2v) is 1.12. The molecule has 0 atom stereocenters. The van der Waals surface area contributed by atoms with Gasteiger partial charge >= 0.3 is 0 Å². The van der Waals surface area contributed by atoms with E-state index in [1.54, 1.807) is 19.3 Å². The van der Waals surface area contributed by atoms with Crippen LogP contribution in [0.15, 0.2) is 12.3 Å². The average Bonchev–Trinajstić information content (AvgIpc) is 1.61. The Balaban J connectivity index is 3.26. The zero-order chi connectivity index (χ0) is 5.70. The zero-order valence-electron chi connectivity index (χ0n) is 4.31. The standard InChI is InChI=1S/C4H9N3/c1-7-3-2-4(5)6/h2-3,7H,1H3,(H3,5,6)/p+1/b3-2-. The van der Waals surface area contributed by atoms with Crippen LogP contribution in [0.5, 0.6) is 0 Å². The minimum absolute atomic E-state index is 0.314. The summed E-state index contributed by atoms with van der Waals surface area (Å²) in [5.74, 6) is 0.314. The molecule has 0 heterocycles. The van der Waals surface area contributed by atoms with Crippen molar-refractivity contribution in [3.05, 3.63) is 12.3 Å². The smallest absolute Gasteiger partial charge is 0.264 e. The van der Waals surface area contributed by atoms with Crippen molar-refractivity contribution in [2.75, 3.05) is 7.05 Å². The summed E-state index contributed by atoms with van der Waals surface area (Å²) >= 11 is 0. The second-order valence-electron chi connectivity index (χ2n) is 1.12. The van der Waals surface area contributed by atoms with Gasteiger partial charge in [0.25, 0.3) is 5.84 Å². The maximum absolute atomic E-state index is 5.05. The van der Waals surface area contributed by atoms with Crippen molar-refractivity contribution in [2.45, 2.75) is 0 Å². The predicted octanol–water partition coefficient (Wildman–Crippen LogP) is -2.16. The molecule has 0 radical (unpaired) electrons. The van der Waals surface area contributed by atoms with Gasteiger partial charge in [-0.1, -0.05) is 0 Å². The molecule has 5 N–H and O–H groups in total. The van der Waals surface area contributed by atoms with Gasteiger partial charge in [-0.3, -0.25) is 11.1 Å². The first-order chi connectivity index (χ1) is 3.27. The maximum atomic E-state index is 5.05. The average molecular weight is 100 g/mol. The molecule has 40 valence electrons. The molecule has 0 unspecified atom stereocenters. The summed E-state index contributed by atoms with van der Waals surface area (Å²) in [5.41, 5.74) is 5.05. The normalized spacial score (nSPS) is 9.29. The van der Waals surface area contributed by atoms with E-state index in [-0.39, 0.29) is 0 Å². The summed E-state index contributed by atoms with van der Waals surface area (Å²) in [5, 5.41) is 7.78. The number of hydrogen-bond acceptors (Lipinski definition) is 1. The molecule has 0 aliphatic carbocycles. The van der Waals surface area contributed by atoms with Crippen LogP contribution in [0.1, 0.15) is 0 Å². The molecule has 0 saturated carbocycles. The fraction of sp³-hybridized carbons (Fsp3) is 0.250. The Labute approximate surface area is 42.7 Å². The summed E-state index contributed by atoms with van der Waals surface area (Å²) in [7, 11) is 1.78. The number of hydrogen-bond donors (Lipinski definition) is 3. The van der Waals surface area contributed by atoms with Crippen molar-refractivity contribution >= 4 is 5.84 Å². The lowest BCUT2D eigenvalue weighted by Gasteiger charge is -1.78.